The normalized spacial score (nSPS) is 15.4. The van der Waals surface area contributed by atoms with Crippen LogP contribution < -0.4 is 5.32 Å². The molecule has 2 atom stereocenters. The Morgan fingerprint density at radius 1 is 1.24 bits per heavy atom. The second kappa shape index (κ2) is 7.08. The van der Waals surface area contributed by atoms with Crippen molar-refractivity contribution in [3.63, 3.8) is 0 Å². The summed E-state index contributed by atoms with van der Waals surface area (Å²) >= 11 is 0. The number of esters is 1. The summed E-state index contributed by atoms with van der Waals surface area (Å²) in [4.78, 5) is 12.6. The van der Waals surface area contributed by atoms with Crippen LogP contribution in [0.5, 0.6) is 0 Å². The van der Waals surface area contributed by atoms with Crippen molar-refractivity contribution in [3.05, 3.63) is 34.4 Å². The summed E-state index contributed by atoms with van der Waals surface area (Å²) in [6, 6.07) is 4.48. The summed E-state index contributed by atoms with van der Waals surface area (Å²) < 4.78 is 5.35. The van der Waals surface area contributed by atoms with Gasteiger partial charge < -0.3 is 4.74 Å². The maximum absolute atomic E-state index is 12.6. The number of nitrogens with one attached hydrogen (secondary N) is 1. The predicted octanol–water partition coefficient (Wildman–Crippen LogP) is 3.78. The lowest BCUT2D eigenvalue weighted by molar-refractivity contribution is -0.151. The number of ether oxygens (including phenoxy) is 1. The molecule has 0 spiro atoms. The summed E-state index contributed by atoms with van der Waals surface area (Å²) in [5.74, 6) is -0.208. The molecule has 0 bridgehead atoms. The van der Waals surface area contributed by atoms with E-state index in [1.807, 2.05) is 13.8 Å². The first-order chi connectivity index (χ1) is 9.76. The van der Waals surface area contributed by atoms with Gasteiger partial charge in [-0.1, -0.05) is 24.6 Å². The van der Waals surface area contributed by atoms with E-state index in [-0.39, 0.29) is 12.0 Å². The summed E-state index contributed by atoms with van der Waals surface area (Å²) in [6.07, 6.45) is 0.957. The fourth-order valence-corrected chi connectivity index (χ4v) is 3.07. The Labute approximate surface area is 129 Å². The average Bonchev–Trinajstić information content (AvgIpc) is 2.37. The Hall–Kier alpha value is -1.35. The molecule has 0 saturated heterocycles. The van der Waals surface area contributed by atoms with Gasteiger partial charge in [-0.15, -0.1) is 0 Å². The van der Waals surface area contributed by atoms with E-state index in [9.17, 15) is 4.79 Å². The predicted molar refractivity (Wildman–Crippen MR) is 87.5 cm³/mol. The van der Waals surface area contributed by atoms with Crippen molar-refractivity contribution in [1.29, 1.82) is 0 Å². The molecular formula is C18H29NO2. The zero-order chi connectivity index (χ0) is 16.2. The van der Waals surface area contributed by atoms with Gasteiger partial charge in [0.25, 0.3) is 0 Å². The van der Waals surface area contributed by atoms with Crippen LogP contribution in [0.3, 0.4) is 0 Å². The van der Waals surface area contributed by atoms with Crippen molar-refractivity contribution < 1.29 is 9.53 Å². The van der Waals surface area contributed by atoms with Gasteiger partial charge in [-0.25, -0.2) is 4.79 Å². The van der Waals surface area contributed by atoms with Gasteiger partial charge in [0.05, 0.1) is 6.61 Å². The van der Waals surface area contributed by atoms with E-state index >= 15 is 0 Å². The van der Waals surface area contributed by atoms with E-state index in [1.54, 1.807) is 0 Å². The molecular weight excluding hydrogens is 262 g/mol. The second-order valence-corrected chi connectivity index (χ2v) is 6.07. The first-order valence-electron chi connectivity index (χ1n) is 7.79. The second-order valence-electron chi connectivity index (χ2n) is 6.07. The van der Waals surface area contributed by atoms with Crippen molar-refractivity contribution in [1.82, 2.24) is 5.32 Å². The summed E-state index contributed by atoms with van der Waals surface area (Å²) in [5, 5.41) is 3.47. The molecule has 2 unspecified atom stereocenters. The molecule has 0 aliphatic rings. The molecule has 1 N–H and O–H groups in total. The van der Waals surface area contributed by atoms with Crippen molar-refractivity contribution >= 4 is 5.97 Å². The average molecular weight is 291 g/mol. The molecule has 3 nitrogen and oxygen atoms in total. The molecule has 0 aromatic heterocycles. The van der Waals surface area contributed by atoms with Crippen molar-refractivity contribution in [2.75, 3.05) is 6.61 Å². The smallest absolute Gasteiger partial charge is 0.330 e. The van der Waals surface area contributed by atoms with Crippen LogP contribution in [0.15, 0.2) is 12.1 Å². The van der Waals surface area contributed by atoms with E-state index in [0.717, 1.165) is 23.1 Å². The standard InChI is InChI=1S/C18H29NO2/c1-8-15(6)19-18(7,17(20)21-9-2)16-13(4)10-12(3)11-14(16)5/h10-11,15,19H,8-9H2,1-7H3. The fraction of sp³-hybridized carbons (Fsp3) is 0.611. The van der Waals surface area contributed by atoms with Gasteiger partial charge in [0.2, 0.25) is 0 Å². The maximum Gasteiger partial charge on any atom is 0.330 e. The van der Waals surface area contributed by atoms with Crippen LogP contribution in [0.2, 0.25) is 0 Å². The Kier molecular flexibility index (Phi) is 5.97. The van der Waals surface area contributed by atoms with E-state index in [2.05, 4.69) is 52.1 Å². The van der Waals surface area contributed by atoms with Crippen molar-refractivity contribution in [2.24, 2.45) is 0 Å². The lowest BCUT2D eigenvalue weighted by Crippen LogP contribution is -2.52. The van der Waals surface area contributed by atoms with Gasteiger partial charge in [0, 0.05) is 6.04 Å². The van der Waals surface area contributed by atoms with Gasteiger partial charge in [-0.2, -0.15) is 0 Å². The van der Waals surface area contributed by atoms with Gasteiger partial charge in [0.1, 0.15) is 5.54 Å². The number of benzene rings is 1. The molecule has 0 aliphatic carbocycles. The molecule has 0 saturated carbocycles. The number of carbonyl (C=O) groups is 1. The first-order valence-corrected chi connectivity index (χ1v) is 7.79. The molecule has 21 heavy (non-hydrogen) atoms. The van der Waals surface area contributed by atoms with Crippen LogP contribution in [-0.2, 0) is 15.1 Å². The largest absolute Gasteiger partial charge is 0.464 e. The zero-order valence-electron chi connectivity index (χ0n) is 14.5. The third kappa shape index (κ3) is 3.85. The van der Waals surface area contributed by atoms with Crippen molar-refractivity contribution in [3.8, 4) is 0 Å². The van der Waals surface area contributed by atoms with Crippen LogP contribution in [0.25, 0.3) is 0 Å². The monoisotopic (exact) mass is 291 g/mol. The van der Waals surface area contributed by atoms with E-state index < -0.39 is 5.54 Å². The third-order valence-electron chi connectivity index (χ3n) is 4.01. The molecule has 0 amide bonds. The number of hydrogen-bond donors (Lipinski definition) is 1. The summed E-state index contributed by atoms with van der Waals surface area (Å²) in [7, 11) is 0. The van der Waals surface area contributed by atoms with Gasteiger partial charge in [-0.3, -0.25) is 5.32 Å². The Bertz CT molecular complexity index is 487. The highest BCUT2D eigenvalue weighted by molar-refractivity contribution is 5.83. The highest BCUT2D eigenvalue weighted by Crippen LogP contribution is 2.30. The number of hydrogen-bond acceptors (Lipinski definition) is 3. The lowest BCUT2D eigenvalue weighted by Gasteiger charge is -2.34. The van der Waals surface area contributed by atoms with E-state index in [0.29, 0.717) is 6.61 Å². The highest BCUT2D eigenvalue weighted by atomic mass is 16.5. The minimum Gasteiger partial charge on any atom is -0.464 e. The minimum absolute atomic E-state index is 0.208. The lowest BCUT2D eigenvalue weighted by atomic mass is 9.83. The molecule has 0 aliphatic heterocycles. The summed E-state index contributed by atoms with van der Waals surface area (Å²) in [6.45, 7) is 14.6. The molecule has 3 heteroatoms. The molecule has 1 rings (SSSR count). The fourth-order valence-electron chi connectivity index (χ4n) is 3.07. The SMILES string of the molecule is CCOC(=O)C(C)(NC(C)CC)c1c(C)cc(C)cc1C. The van der Waals surface area contributed by atoms with Crippen LogP contribution in [0.4, 0.5) is 0 Å². The quantitative estimate of drug-likeness (QED) is 0.811. The van der Waals surface area contributed by atoms with E-state index in [4.69, 9.17) is 4.74 Å². The van der Waals surface area contributed by atoms with Gasteiger partial charge in [-0.05, 0) is 64.7 Å². The molecule has 1 aromatic rings. The minimum atomic E-state index is -0.812. The Balaban J connectivity index is 3.40. The maximum atomic E-state index is 12.6. The third-order valence-corrected chi connectivity index (χ3v) is 4.01. The molecule has 0 radical (unpaired) electrons. The number of aryl methyl sites for hydroxylation is 3. The summed E-state index contributed by atoms with van der Waals surface area (Å²) in [5.41, 5.74) is 3.68. The van der Waals surface area contributed by atoms with E-state index in [1.165, 1.54) is 5.56 Å². The Morgan fingerprint density at radius 3 is 2.19 bits per heavy atom. The highest BCUT2D eigenvalue weighted by Gasteiger charge is 2.39. The van der Waals surface area contributed by atoms with Crippen LogP contribution in [-0.4, -0.2) is 18.6 Å². The van der Waals surface area contributed by atoms with Crippen LogP contribution >= 0.6 is 0 Å². The van der Waals surface area contributed by atoms with Crippen LogP contribution in [0.1, 0.15) is 56.4 Å². The zero-order valence-corrected chi connectivity index (χ0v) is 14.5. The number of carbonyl (C=O) groups excluding carboxylic acids is 1. The van der Waals surface area contributed by atoms with Gasteiger partial charge >= 0.3 is 5.97 Å². The Morgan fingerprint density at radius 2 is 1.76 bits per heavy atom. The van der Waals surface area contributed by atoms with Crippen molar-refractivity contribution in [2.45, 2.75) is 66.5 Å². The molecule has 1 aromatic carbocycles. The molecule has 118 valence electrons. The van der Waals surface area contributed by atoms with Gasteiger partial charge in [0.15, 0.2) is 0 Å². The van der Waals surface area contributed by atoms with Crippen LogP contribution in [0, 0.1) is 20.8 Å². The number of rotatable bonds is 6. The first kappa shape index (κ1) is 17.7. The molecule has 0 heterocycles. The topological polar surface area (TPSA) is 38.3 Å². The molecule has 0 fully saturated rings.